The zero-order chi connectivity index (χ0) is 29.9. The standard InChI is InChI=1S/C24H41N7O7S/c1-11(2)6-15(21(34)31-19(13(5)32)23(36)30-17(9-39)24(37)38)28-20(33)16(7-14-8-26-10-27-14)29-22(35)18(25)12(3)4/h8,10-13,15-19,32,39H,6-7,9,25H2,1-5H3,(H,26,27)(H,28,33)(H,29,35)(H,30,36)(H,31,34)(H,37,38). The minimum Gasteiger partial charge on any atom is -0.480 e. The van der Waals surface area contributed by atoms with Crippen LogP contribution in [0.4, 0.5) is 0 Å². The lowest BCUT2D eigenvalue weighted by molar-refractivity contribution is -0.142. The van der Waals surface area contributed by atoms with Crippen LogP contribution < -0.4 is 27.0 Å². The molecule has 1 aromatic rings. The van der Waals surface area contributed by atoms with E-state index < -0.39 is 65.9 Å². The molecule has 0 saturated heterocycles. The third-order valence-electron chi connectivity index (χ3n) is 5.83. The number of H-pyrrole nitrogens is 1. The average Bonchev–Trinajstić information content (AvgIpc) is 3.36. The zero-order valence-corrected chi connectivity index (χ0v) is 23.7. The van der Waals surface area contributed by atoms with Crippen LogP contribution in [0.3, 0.4) is 0 Å². The number of rotatable bonds is 16. The highest BCUT2D eigenvalue weighted by atomic mass is 32.1. The first kappa shape index (κ1) is 33.9. The Kier molecular flexibility index (Phi) is 13.9. The molecule has 0 bridgehead atoms. The summed E-state index contributed by atoms with van der Waals surface area (Å²) in [5.74, 6) is -4.73. The van der Waals surface area contributed by atoms with Gasteiger partial charge in [0, 0.05) is 24.1 Å². The first-order valence-electron chi connectivity index (χ1n) is 12.6. The number of hydrogen-bond donors (Lipinski definition) is 9. The van der Waals surface area contributed by atoms with Crippen molar-refractivity contribution in [3.8, 4) is 0 Å². The Bertz CT molecular complexity index is 972. The van der Waals surface area contributed by atoms with Crippen LogP contribution in [0, 0.1) is 11.8 Å². The lowest BCUT2D eigenvalue weighted by atomic mass is 10.0. The van der Waals surface area contributed by atoms with Crippen LogP contribution in [0.1, 0.15) is 46.7 Å². The van der Waals surface area contributed by atoms with E-state index in [1.807, 2.05) is 13.8 Å². The minimum absolute atomic E-state index is 0.0391. The maximum atomic E-state index is 13.3. The first-order chi connectivity index (χ1) is 18.2. The van der Waals surface area contributed by atoms with Crippen molar-refractivity contribution in [2.45, 2.75) is 83.8 Å². The Hall–Kier alpha value is -3.17. The number of aliphatic hydroxyl groups excluding tert-OH is 1. The molecule has 15 heteroatoms. The summed E-state index contributed by atoms with van der Waals surface area (Å²) in [5, 5.41) is 29.2. The Balaban J connectivity index is 3.13. The van der Waals surface area contributed by atoms with E-state index in [2.05, 4.69) is 43.9 Å². The van der Waals surface area contributed by atoms with Crippen molar-refractivity contribution in [2.75, 3.05) is 5.75 Å². The van der Waals surface area contributed by atoms with Gasteiger partial charge >= 0.3 is 5.97 Å². The fraction of sp³-hybridized carbons (Fsp3) is 0.667. The SMILES string of the molecule is CC(C)CC(NC(=O)C(Cc1cnc[nH]1)NC(=O)C(N)C(C)C)C(=O)NC(C(=O)NC(CS)C(=O)O)C(C)O. The number of aromatic nitrogens is 2. The van der Waals surface area contributed by atoms with Crippen molar-refractivity contribution in [3.63, 3.8) is 0 Å². The van der Waals surface area contributed by atoms with Crippen molar-refractivity contribution in [1.82, 2.24) is 31.2 Å². The topological polar surface area (TPSA) is 229 Å². The van der Waals surface area contributed by atoms with Crippen LogP contribution in [0.5, 0.6) is 0 Å². The molecule has 1 aromatic heterocycles. The molecule has 0 aliphatic heterocycles. The van der Waals surface area contributed by atoms with Crippen molar-refractivity contribution in [1.29, 1.82) is 0 Å². The molecular formula is C24H41N7O7S. The lowest BCUT2D eigenvalue weighted by Gasteiger charge is -2.28. The largest absolute Gasteiger partial charge is 0.480 e. The Morgan fingerprint density at radius 3 is 1.95 bits per heavy atom. The molecule has 6 atom stereocenters. The summed E-state index contributed by atoms with van der Waals surface area (Å²) < 4.78 is 0. The first-order valence-corrected chi connectivity index (χ1v) is 13.3. The molecule has 9 N–H and O–H groups in total. The lowest BCUT2D eigenvalue weighted by Crippen LogP contribution is -2.61. The second kappa shape index (κ2) is 16.1. The van der Waals surface area contributed by atoms with Gasteiger partial charge in [0.2, 0.25) is 23.6 Å². The maximum Gasteiger partial charge on any atom is 0.327 e. The summed E-state index contributed by atoms with van der Waals surface area (Å²) in [6, 6.07) is -5.96. The normalized spacial score (nSPS) is 15.9. The number of carboxylic acid groups (broad SMARTS) is 1. The molecule has 0 aliphatic rings. The number of nitrogens with zero attached hydrogens (tertiary/aromatic N) is 1. The Labute approximate surface area is 233 Å². The van der Waals surface area contributed by atoms with Gasteiger partial charge in [0.1, 0.15) is 24.2 Å². The smallest absolute Gasteiger partial charge is 0.327 e. The van der Waals surface area contributed by atoms with E-state index in [9.17, 15) is 34.2 Å². The van der Waals surface area contributed by atoms with Gasteiger partial charge < -0.3 is 42.2 Å². The molecule has 0 aliphatic carbocycles. The average molecular weight is 572 g/mol. The zero-order valence-electron chi connectivity index (χ0n) is 22.8. The molecule has 1 rings (SSSR count). The number of thiol groups is 1. The van der Waals surface area contributed by atoms with Gasteiger partial charge in [0.15, 0.2) is 0 Å². The van der Waals surface area contributed by atoms with Gasteiger partial charge in [-0.3, -0.25) is 19.2 Å². The van der Waals surface area contributed by atoms with E-state index in [-0.39, 0.29) is 30.4 Å². The summed E-state index contributed by atoms with van der Waals surface area (Å²) >= 11 is 3.89. The fourth-order valence-electron chi connectivity index (χ4n) is 3.48. The van der Waals surface area contributed by atoms with Crippen molar-refractivity contribution < 1.29 is 34.2 Å². The van der Waals surface area contributed by atoms with Gasteiger partial charge in [0.25, 0.3) is 0 Å². The highest BCUT2D eigenvalue weighted by Gasteiger charge is 2.34. The van der Waals surface area contributed by atoms with Crippen molar-refractivity contribution in [2.24, 2.45) is 17.6 Å². The van der Waals surface area contributed by atoms with E-state index in [1.165, 1.54) is 19.4 Å². The second-order valence-electron chi connectivity index (χ2n) is 10.1. The Morgan fingerprint density at radius 1 is 0.923 bits per heavy atom. The number of carboxylic acids is 1. The van der Waals surface area contributed by atoms with E-state index in [0.717, 1.165) is 0 Å². The van der Waals surface area contributed by atoms with Crippen LogP contribution >= 0.6 is 12.6 Å². The summed E-state index contributed by atoms with van der Waals surface area (Å²) in [7, 11) is 0. The number of imidazole rings is 1. The predicted octanol–water partition coefficient (Wildman–Crippen LogP) is -1.68. The minimum atomic E-state index is -1.50. The van der Waals surface area contributed by atoms with Crippen molar-refractivity contribution in [3.05, 3.63) is 18.2 Å². The summed E-state index contributed by atoms with van der Waals surface area (Å²) in [6.07, 6.45) is 1.73. The molecule has 6 unspecified atom stereocenters. The summed E-state index contributed by atoms with van der Waals surface area (Å²) in [5.41, 5.74) is 6.50. The van der Waals surface area contributed by atoms with Crippen molar-refractivity contribution >= 4 is 42.2 Å². The Morgan fingerprint density at radius 2 is 1.49 bits per heavy atom. The van der Waals surface area contributed by atoms with Gasteiger partial charge in [-0.1, -0.05) is 27.7 Å². The number of aliphatic carboxylic acids is 1. The number of nitrogens with two attached hydrogens (primary N) is 1. The molecule has 14 nitrogen and oxygen atoms in total. The summed E-state index contributed by atoms with van der Waals surface area (Å²) in [6.45, 7) is 8.43. The van der Waals surface area contributed by atoms with Gasteiger partial charge in [0.05, 0.1) is 18.5 Å². The van der Waals surface area contributed by atoms with Crippen LogP contribution in [0.15, 0.2) is 12.5 Å². The van der Waals surface area contributed by atoms with Crippen LogP contribution in [0.2, 0.25) is 0 Å². The van der Waals surface area contributed by atoms with Gasteiger partial charge in [-0.25, -0.2) is 9.78 Å². The third kappa shape index (κ3) is 11.2. The van der Waals surface area contributed by atoms with E-state index in [0.29, 0.717) is 5.69 Å². The van der Waals surface area contributed by atoms with Gasteiger partial charge in [-0.05, 0) is 25.2 Å². The fourth-order valence-corrected chi connectivity index (χ4v) is 3.72. The maximum absolute atomic E-state index is 13.3. The predicted molar refractivity (Wildman–Crippen MR) is 145 cm³/mol. The van der Waals surface area contributed by atoms with Crippen LogP contribution in [0.25, 0.3) is 0 Å². The van der Waals surface area contributed by atoms with Gasteiger partial charge in [-0.2, -0.15) is 12.6 Å². The summed E-state index contributed by atoms with van der Waals surface area (Å²) in [4.78, 5) is 69.9. The number of hydrogen-bond acceptors (Lipinski definition) is 9. The number of aliphatic hydroxyl groups is 1. The van der Waals surface area contributed by atoms with E-state index in [4.69, 9.17) is 5.73 Å². The molecule has 0 saturated carbocycles. The third-order valence-corrected chi connectivity index (χ3v) is 6.20. The second-order valence-corrected chi connectivity index (χ2v) is 10.5. The number of carbonyl (C=O) groups excluding carboxylic acids is 4. The van der Waals surface area contributed by atoms with Gasteiger partial charge in [-0.15, -0.1) is 0 Å². The number of nitrogens with one attached hydrogen (secondary N) is 5. The van der Waals surface area contributed by atoms with E-state index >= 15 is 0 Å². The quantitative estimate of drug-likeness (QED) is 0.103. The molecule has 4 amide bonds. The molecular weight excluding hydrogens is 530 g/mol. The number of amides is 4. The molecule has 39 heavy (non-hydrogen) atoms. The van der Waals surface area contributed by atoms with E-state index in [1.54, 1.807) is 13.8 Å². The number of carbonyl (C=O) groups is 5. The molecule has 220 valence electrons. The molecule has 0 aromatic carbocycles. The van der Waals surface area contributed by atoms with Crippen LogP contribution in [-0.4, -0.2) is 91.8 Å². The monoisotopic (exact) mass is 571 g/mol. The van der Waals surface area contributed by atoms with Crippen LogP contribution in [-0.2, 0) is 30.4 Å². The molecule has 1 heterocycles. The highest BCUT2D eigenvalue weighted by molar-refractivity contribution is 7.80. The molecule has 0 spiro atoms. The highest BCUT2D eigenvalue weighted by Crippen LogP contribution is 2.09. The molecule has 0 radical (unpaired) electrons. The molecule has 0 fully saturated rings. The number of aromatic amines is 1.